The molecule has 0 saturated carbocycles. The summed E-state index contributed by atoms with van der Waals surface area (Å²) < 4.78 is 0. The molecule has 0 aromatic heterocycles. The zero-order valence-electron chi connectivity index (χ0n) is 10.6. The molecule has 2 atom stereocenters. The van der Waals surface area contributed by atoms with Gasteiger partial charge in [-0.3, -0.25) is 0 Å². The fraction of sp³-hybridized carbons (Fsp3) is 0.111. The summed E-state index contributed by atoms with van der Waals surface area (Å²) in [5.74, 6) is 0.455. The van der Waals surface area contributed by atoms with Crippen molar-refractivity contribution in [1.82, 2.24) is 0 Å². The smallest absolute Gasteiger partial charge is 0.0381 e. The van der Waals surface area contributed by atoms with Crippen LogP contribution in [0, 0.1) is 0 Å². The van der Waals surface area contributed by atoms with Crippen LogP contribution < -0.4 is 0 Å². The van der Waals surface area contributed by atoms with Gasteiger partial charge in [0.2, 0.25) is 0 Å². The van der Waals surface area contributed by atoms with E-state index in [2.05, 4.69) is 85.0 Å². The first-order chi connectivity index (χ1) is 9.43. The average Bonchev–Trinajstić information content (AvgIpc) is 2.50. The Morgan fingerprint density at radius 3 is 2.05 bits per heavy atom. The molecule has 2 unspecified atom stereocenters. The van der Waals surface area contributed by atoms with Crippen LogP contribution in [-0.4, -0.2) is 5.25 Å². The predicted octanol–water partition coefficient (Wildman–Crippen LogP) is 5.06. The molecule has 2 aromatic rings. The van der Waals surface area contributed by atoms with Crippen LogP contribution in [0.2, 0.25) is 0 Å². The van der Waals surface area contributed by atoms with Crippen LogP contribution in [0.1, 0.15) is 11.5 Å². The van der Waals surface area contributed by atoms with E-state index in [1.807, 2.05) is 11.8 Å². The number of benzene rings is 2. The van der Waals surface area contributed by atoms with Crippen LogP contribution in [0.4, 0.5) is 0 Å². The van der Waals surface area contributed by atoms with Gasteiger partial charge in [-0.05, 0) is 17.7 Å². The van der Waals surface area contributed by atoms with Gasteiger partial charge in [0.25, 0.3) is 0 Å². The molecule has 0 heterocycles. The van der Waals surface area contributed by atoms with Crippen molar-refractivity contribution in [3.05, 3.63) is 90.5 Å². The molecule has 0 nitrogen and oxygen atoms in total. The first-order valence-corrected chi connectivity index (χ1v) is 7.43. The highest BCUT2D eigenvalue weighted by atomic mass is 32.2. The number of allylic oxidation sites excluding steroid dienone is 3. The Hall–Kier alpha value is -1.73. The molecular formula is C18H16S. The van der Waals surface area contributed by atoms with Gasteiger partial charge in [-0.2, -0.15) is 0 Å². The Kier molecular flexibility index (Phi) is 3.85. The third-order valence-corrected chi connectivity index (χ3v) is 4.55. The Balaban J connectivity index is 1.83. The van der Waals surface area contributed by atoms with Crippen LogP contribution in [0.15, 0.2) is 89.9 Å². The maximum atomic E-state index is 2.30. The third-order valence-electron chi connectivity index (χ3n) is 3.28. The highest BCUT2D eigenvalue weighted by molar-refractivity contribution is 8.00. The van der Waals surface area contributed by atoms with Crippen molar-refractivity contribution in [2.45, 2.75) is 16.1 Å². The third kappa shape index (κ3) is 2.99. The van der Waals surface area contributed by atoms with E-state index in [9.17, 15) is 0 Å². The highest BCUT2D eigenvalue weighted by Gasteiger charge is 2.21. The van der Waals surface area contributed by atoms with Gasteiger partial charge < -0.3 is 0 Å². The van der Waals surface area contributed by atoms with Crippen molar-refractivity contribution < 1.29 is 0 Å². The zero-order valence-corrected chi connectivity index (χ0v) is 11.5. The molecule has 1 aliphatic carbocycles. The van der Waals surface area contributed by atoms with Gasteiger partial charge in [0, 0.05) is 16.1 Å². The molecule has 2 aromatic carbocycles. The van der Waals surface area contributed by atoms with Gasteiger partial charge in [-0.25, -0.2) is 0 Å². The lowest BCUT2D eigenvalue weighted by Gasteiger charge is -2.24. The second-order valence-corrected chi connectivity index (χ2v) is 5.85. The molecule has 19 heavy (non-hydrogen) atoms. The van der Waals surface area contributed by atoms with Gasteiger partial charge in [0.15, 0.2) is 0 Å². The van der Waals surface area contributed by atoms with Crippen LogP contribution >= 0.6 is 11.8 Å². The van der Waals surface area contributed by atoms with Gasteiger partial charge in [0.05, 0.1) is 0 Å². The van der Waals surface area contributed by atoms with Crippen LogP contribution in [0.5, 0.6) is 0 Å². The van der Waals surface area contributed by atoms with Crippen LogP contribution in [-0.2, 0) is 0 Å². The van der Waals surface area contributed by atoms with Gasteiger partial charge >= 0.3 is 0 Å². The van der Waals surface area contributed by atoms with E-state index in [-0.39, 0.29) is 0 Å². The zero-order chi connectivity index (χ0) is 12.9. The minimum atomic E-state index is 0.455. The highest BCUT2D eigenvalue weighted by Crippen LogP contribution is 2.37. The van der Waals surface area contributed by atoms with E-state index < -0.39 is 0 Å². The molecule has 0 spiro atoms. The predicted molar refractivity (Wildman–Crippen MR) is 83.6 cm³/mol. The summed E-state index contributed by atoms with van der Waals surface area (Å²) in [6.45, 7) is 0. The molecule has 3 rings (SSSR count). The molecule has 0 aliphatic heterocycles. The molecular weight excluding hydrogens is 248 g/mol. The summed E-state index contributed by atoms with van der Waals surface area (Å²) in [6, 6.07) is 21.4. The Morgan fingerprint density at radius 1 is 0.684 bits per heavy atom. The van der Waals surface area contributed by atoms with E-state index in [1.165, 1.54) is 10.5 Å². The minimum Gasteiger partial charge on any atom is -0.118 e. The average molecular weight is 264 g/mol. The fourth-order valence-corrected chi connectivity index (χ4v) is 3.52. The van der Waals surface area contributed by atoms with E-state index in [0.29, 0.717) is 11.2 Å². The van der Waals surface area contributed by atoms with Crippen molar-refractivity contribution in [3.63, 3.8) is 0 Å². The Labute approximate surface area is 118 Å². The fourth-order valence-electron chi connectivity index (χ4n) is 2.33. The summed E-state index contributed by atoms with van der Waals surface area (Å²) in [4.78, 5) is 1.33. The topological polar surface area (TPSA) is 0 Å². The van der Waals surface area contributed by atoms with Crippen LogP contribution in [0.3, 0.4) is 0 Å². The lowest BCUT2D eigenvalue weighted by Crippen LogP contribution is -2.13. The quantitative estimate of drug-likeness (QED) is 0.747. The minimum absolute atomic E-state index is 0.455. The second kappa shape index (κ2) is 5.94. The van der Waals surface area contributed by atoms with Crippen molar-refractivity contribution in [2.75, 3.05) is 0 Å². The first kappa shape index (κ1) is 12.3. The molecule has 1 aliphatic rings. The molecule has 1 heteroatoms. The lowest BCUT2D eigenvalue weighted by molar-refractivity contribution is 0.870. The number of thioether (sulfide) groups is 1. The molecule has 0 fully saturated rings. The number of rotatable bonds is 3. The van der Waals surface area contributed by atoms with Crippen LogP contribution in [0.25, 0.3) is 0 Å². The maximum absolute atomic E-state index is 2.30. The van der Waals surface area contributed by atoms with Crippen molar-refractivity contribution in [1.29, 1.82) is 0 Å². The van der Waals surface area contributed by atoms with Crippen molar-refractivity contribution in [3.8, 4) is 0 Å². The Bertz CT molecular complexity index is 569. The summed E-state index contributed by atoms with van der Waals surface area (Å²) in [5, 5.41) is 0.467. The largest absolute Gasteiger partial charge is 0.118 e. The SMILES string of the molecule is C1=CC(Sc2ccccc2)C(c2ccccc2)C=C1. The molecule has 0 amide bonds. The van der Waals surface area contributed by atoms with E-state index >= 15 is 0 Å². The normalized spacial score (nSPS) is 21.5. The van der Waals surface area contributed by atoms with Crippen molar-refractivity contribution in [2.24, 2.45) is 0 Å². The molecule has 0 N–H and O–H groups in total. The van der Waals surface area contributed by atoms with E-state index in [4.69, 9.17) is 0 Å². The number of hydrogen-bond donors (Lipinski definition) is 0. The second-order valence-electron chi connectivity index (χ2n) is 4.60. The molecule has 0 radical (unpaired) electrons. The Morgan fingerprint density at radius 2 is 1.32 bits per heavy atom. The molecule has 0 saturated heterocycles. The summed E-state index contributed by atoms with van der Waals surface area (Å²) >= 11 is 1.93. The maximum Gasteiger partial charge on any atom is 0.0381 e. The monoisotopic (exact) mass is 264 g/mol. The van der Waals surface area contributed by atoms with Gasteiger partial charge in [0.1, 0.15) is 0 Å². The van der Waals surface area contributed by atoms with E-state index in [0.717, 1.165) is 0 Å². The number of hydrogen-bond acceptors (Lipinski definition) is 1. The first-order valence-electron chi connectivity index (χ1n) is 6.55. The molecule has 94 valence electrons. The van der Waals surface area contributed by atoms with Gasteiger partial charge in [-0.1, -0.05) is 72.8 Å². The summed E-state index contributed by atoms with van der Waals surface area (Å²) in [6.07, 6.45) is 8.91. The van der Waals surface area contributed by atoms with Crippen molar-refractivity contribution >= 4 is 11.8 Å². The lowest BCUT2D eigenvalue weighted by atomic mass is 9.92. The summed E-state index contributed by atoms with van der Waals surface area (Å²) in [7, 11) is 0. The summed E-state index contributed by atoms with van der Waals surface area (Å²) in [5.41, 5.74) is 1.39. The molecule has 0 bridgehead atoms. The standard InChI is InChI=1S/C18H16S/c1-3-9-15(10-4-1)17-13-7-8-14-18(17)19-16-11-5-2-6-12-16/h1-14,17-18H. The van der Waals surface area contributed by atoms with Gasteiger partial charge in [-0.15, -0.1) is 11.8 Å². The van der Waals surface area contributed by atoms with E-state index in [1.54, 1.807) is 0 Å².